The maximum atomic E-state index is 4.56. The van der Waals surface area contributed by atoms with Gasteiger partial charge in [-0.3, -0.25) is 0 Å². The van der Waals surface area contributed by atoms with E-state index >= 15 is 0 Å². The number of aryl methyl sites for hydroxylation is 1. The van der Waals surface area contributed by atoms with E-state index in [1.807, 2.05) is 36.6 Å². The first-order chi connectivity index (χ1) is 9.78. The van der Waals surface area contributed by atoms with Gasteiger partial charge in [-0.05, 0) is 36.9 Å². The Bertz CT molecular complexity index is 758. The third kappa shape index (κ3) is 2.44. The Labute approximate surface area is 121 Å². The summed E-state index contributed by atoms with van der Waals surface area (Å²) in [5.41, 5.74) is 2.93. The summed E-state index contributed by atoms with van der Waals surface area (Å²) >= 11 is 1.51. The van der Waals surface area contributed by atoms with E-state index in [1.165, 1.54) is 17.3 Å². The second-order valence-electron chi connectivity index (χ2n) is 4.37. The first-order valence-electron chi connectivity index (χ1n) is 6.27. The van der Waals surface area contributed by atoms with Crippen LogP contribution in [-0.4, -0.2) is 21.2 Å². The Morgan fingerprint density at radius 1 is 1.05 bits per heavy atom. The van der Waals surface area contributed by atoms with Gasteiger partial charge in [0.05, 0.1) is 5.39 Å². The molecule has 0 saturated heterocycles. The van der Waals surface area contributed by atoms with Crippen molar-refractivity contribution in [2.24, 2.45) is 0 Å². The van der Waals surface area contributed by atoms with Crippen LogP contribution in [-0.2, 0) is 0 Å². The standard InChI is InChI=1S/C15H14N4S/c1-10-6-3-4-8-12(10)17-14-11-7-5-9-16-13(11)18-15(19-14)20-2/h3-9H,1-2H3,(H,16,17,18,19). The van der Waals surface area contributed by atoms with E-state index < -0.39 is 0 Å². The number of nitrogens with one attached hydrogen (secondary N) is 1. The number of para-hydroxylation sites is 1. The molecular weight excluding hydrogens is 268 g/mol. The molecule has 0 unspecified atom stereocenters. The van der Waals surface area contributed by atoms with Crippen molar-refractivity contribution < 1.29 is 0 Å². The summed E-state index contributed by atoms with van der Waals surface area (Å²) in [7, 11) is 0. The molecular formula is C15H14N4S. The highest BCUT2D eigenvalue weighted by Gasteiger charge is 2.08. The minimum absolute atomic E-state index is 0.711. The Kier molecular flexibility index (Phi) is 3.52. The van der Waals surface area contributed by atoms with Crippen molar-refractivity contribution in [1.29, 1.82) is 0 Å². The highest BCUT2D eigenvalue weighted by atomic mass is 32.2. The maximum absolute atomic E-state index is 4.56. The van der Waals surface area contributed by atoms with Gasteiger partial charge in [0, 0.05) is 11.9 Å². The zero-order valence-electron chi connectivity index (χ0n) is 11.3. The molecule has 2 heterocycles. The number of aromatic nitrogens is 3. The van der Waals surface area contributed by atoms with Crippen LogP contribution in [0.15, 0.2) is 47.8 Å². The molecule has 1 aromatic carbocycles. The number of pyridine rings is 1. The van der Waals surface area contributed by atoms with Crippen LogP contribution < -0.4 is 5.32 Å². The van der Waals surface area contributed by atoms with Gasteiger partial charge in [0.25, 0.3) is 0 Å². The first-order valence-corrected chi connectivity index (χ1v) is 7.50. The van der Waals surface area contributed by atoms with Crippen molar-refractivity contribution in [3.05, 3.63) is 48.2 Å². The normalized spacial score (nSPS) is 10.7. The van der Waals surface area contributed by atoms with Gasteiger partial charge in [-0.25, -0.2) is 15.0 Å². The summed E-state index contributed by atoms with van der Waals surface area (Å²) in [5, 5.41) is 5.03. The minimum atomic E-state index is 0.711. The topological polar surface area (TPSA) is 50.7 Å². The molecule has 0 bridgehead atoms. The Hall–Kier alpha value is -2.14. The summed E-state index contributed by atoms with van der Waals surface area (Å²) in [6, 6.07) is 12.0. The molecule has 4 nitrogen and oxygen atoms in total. The van der Waals surface area contributed by atoms with Gasteiger partial charge in [0.1, 0.15) is 5.82 Å². The average Bonchev–Trinajstić information content (AvgIpc) is 2.49. The fraction of sp³-hybridized carbons (Fsp3) is 0.133. The summed E-state index contributed by atoms with van der Waals surface area (Å²) in [6.07, 6.45) is 3.71. The van der Waals surface area contributed by atoms with Crippen molar-refractivity contribution in [2.75, 3.05) is 11.6 Å². The van der Waals surface area contributed by atoms with E-state index in [9.17, 15) is 0 Å². The van der Waals surface area contributed by atoms with E-state index in [0.717, 1.165) is 16.9 Å². The molecule has 0 aliphatic rings. The zero-order chi connectivity index (χ0) is 13.9. The number of hydrogen-bond acceptors (Lipinski definition) is 5. The molecule has 0 atom stereocenters. The lowest BCUT2D eigenvalue weighted by atomic mass is 10.2. The van der Waals surface area contributed by atoms with Gasteiger partial charge in [-0.1, -0.05) is 30.0 Å². The number of fused-ring (bicyclic) bond motifs is 1. The molecule has 0 saturated carbocycles. The number of rotatable bonds is 3. The second-order valence-corrected chi connectivity index (χ2v) is 5.15. The Morgan fingerprint density at radius 3 is 2.70 bits per heavy atom. The van der Waals surface area contributed by atoms with Crippen LogP contribution >= 0.6 is 11.8 Å². The summed E-state index contributed by atoms with van der Waals surface area (Å²) in [6.45, 7) is 2.07. The molecule has 1 N–H and O–H groups in total. The van der Waals surface area contributed by atoms with Crippen LogP contribution in [0.5, 0.6) is 0 Å². The van der Waals surface area contributed by atoms with Gasteiger partial charge in [0.2, 0.25) is 0 Å². The van der Waals surface area contributed by atoms with E-state index in [2.05, 4.69) is 33.3 Å². The molecule has 0 fully saturated rings. The quantitative estimate of drug-likeness (QED) is 0.585. The molecule has 0 aliphatic heterocycles. The lowest BCUT2D eigenvalue weighted by molar-refractivity contribution is 0.996. The lowest BCUT2D eigenvalue weighted by Gasteiger charge is -2.11. The third-order valence-corrected chi connectivity index (χ3v) is 3.58. The number of benzene rings is 1. The van der Waals surface area contributed by atoms with Crippen molar-refractivity contribution >= 4 is 34.3 Å². The summed E-state index contributed by atoms with van der Waals surface area (Å²) in [4.78, 5) is 13.3. The smallest absolute Gasteiger partial charge is 0.191 e. The van der Waals surface area contributed by atoms with Crippen LogP contribution in [0.1, 0.15) is 5.56 Å². The number of hydrogen-bond donors (Lipinski definition) is 1. The summed E-state index contributed by atoms with van der Waals surface area (Å²) in [5.74, 6) is 0.793. The van der Waals surface area contributed by atoms with Crippen molar-refractivity contribution in [3.8, 4) is 0 Å². The van der Waals surface area contributed by atoms with Crippen LogP contribution in [0.3, 0.4) is 0 Å². The van der Waals surface area contributed by atoms with Crippen LogP contribution in [0.25, 0.3) is 11.0 Å². The lowest BCUT2D eigenvalue weighted by Crippen LogP contribution is -2.00. The fourth-order valence-corrected chi connectivity index (χ4v) is 2.33. The molecule has 3 aromatic rings. The van der Waals surface area contributed by atoms with Gasteiger partial charge >= 0.3 is 0 Å². The van der Waals surface area contributed by atoms with Crippen molar-refractivity contribution in [3.63, 3.8) is 0 Å². The van der Waals surface area contributed by atoms with E-state index in [4.69, 9.17) is 0 Å². The van der Waals surface area contributed by atoms with Gasteiger partial charge in [0.15, 0.2) is 10.8 Å². The number of thioether (sulfide) groups is 1. The van der Waals surface area contributed by atoms with Crippen LogP contribution in [0.2, 0.25) is 0 Å². The second kappa shape index (κ2) is 5.46. The van der Waals surface area contributed by atoms with E-state index in [-0.39, 0.29) is 0 Å². The monoisotopic (exact) mass is 282 g/mol. The molecule has 5 heteroatoms. The van der Waals surface area contributed by atoms with E-state index in [0.29, 0.717) is 10.8 Å². The van der Waals surface area contributed by atoms with E-state index in [1.54, 1.807) is 6.20 Å². The average molecular weight is 282 g/mol. The largest absolute Gasteiger partial charge is 0.339 e. The minimum Gasteiger partial charge on any atom is -0.339 e. The molecule has 0 aliphatic carbocycles. The Morgan fingerprint density at radius 2 is 1.90 bits per heavy atom. The highest BCUT2D eigenvalue weighted by molar-refractivity contribution is 7.98. The Balaban J connectivity index is 2.13. The molecule has 100 valence electrons. The van der Waals surface area contributed by atoms with Gasteiger partial charge in [-0.2, -0.15) is 0 Å². The van der Waals surface area contributed by atoms with Gasteiger partial charge < -0.3 is 5.32 Å². The molecule has 0 spiro atoms. The summed E-state index contributed by atoms with van der Waals surface area (Å²) < 4.78 is 0. The maximum Gasteiger partial charge on any atom is 0.191 e. The number of nitrogens with zero attached hydrogens (tertiary/aromatic N) is 3. The first kappa shape index (κ1) is 12.9. The van der Waals surface area contributed by atoms with Crippen molar-refractivity contribution in [1.82, 2.24) is 15.0 Å². The predicted molar refractivity (Wildman–Crippen MR) is 83.6 cm³/mol. The van der Waals surface area contributed by atoms with Crippen molar-refractivity contribution in [2.45, 2.75) is 12.1 Å². The molecule has 20 heavy (non-hydrogen) atoms. The molecule has 0 amide bonds. The molecule has 0 radical (unpaired) electrons. The predicted octanol–water partition coefficient (Wildman–Crippen LogP) is 3.80. The van der Waals surface area contributed by atoms with Gasteiger partial charge in [-0.15, -0.1) is 0 Å². The fourth-order valence-electron chi connectivity index (χ4n) is 1.97. The number of anilines is 2. The zero-order valence-corrected chi connectivity index (χ0v) is 12.1. The van der Waals surface area contributed by atoms with Crippen LogP contribution in [0, 0.1) is 6.92 Å². The molecule has 2 aromatic heterocycles. The highest BCUT2D eigenvalue weighted by Crippen LogP contribution is 2.26. The van der Waals surface area contributed by atoms with Crippen LogP contribution in [0.4, 0.5) is 11.5 Å². The third-order valence-electron chi connectivity index (χ3n) is 3.03. The molecule has 3 rings (SSSR count). The SMILES string of the molecule is CSc1nc(Nc2ccccc2C)c2cccnc2n1.